The van der Waals surface area contributed by atoms with Gasteiger partial charge in [-0.3, -0.25) is 10.2 Å². The Kier molecular flexibility index (Phi) is 3.03. The van der Waals surface area contributed by atoms with Gasteiger partial charge < -0.3 is 4.74 Å². The summed E-state index contributed by atoms with van der Waals surface area (Å²) in [7, 11) is 0. The Balaban J connectivity index is 1.79. The van der Waals surface area contributed by atoms with Crippen LogP contribution in [0.2, 0.25) is 0 Å². The van der Waals surface area contributed by atoms with E-state index < -0.39 is 5.72 Å². The SMILES string of the molecule is C=C1N(Cc2ccccc2)C(=O)OC12CCCCN2. The first-order valence-corrected chi connectivity index (χ1v) is 6.70. The average molecular weight is 258 g/mol. The summed E-state index contributed by atoms with van der Waals surface area (Å²) in [6.45, 7) is 5.46. The van der Waals surface area contributed by atoms with E-state index in [0.29, 0.717) is 6.54 Å². The van der Waals surface area contributed by atoms with E-state index in [1.165, 1.54) is 0 Å². The number of rotatable bonds is 2. The number of nitrogens with zero attached hydrogens (tertiary/aromatic N) is 1. The molecule has 1 aromatic carbocycles. The van der Waals surface area contributed by atoms with Crippen LogP contribution in [0, 0.1) is 0 Å². The molecule has 0 aromatic heterocycles. The van der Waals surface area contributed by atoms with Crippen molar-refractivity contribution in [2.24, 2.45) is 0 Å². The highest BCUT2D eigenvalue weighted by Crippen LogP contribution is 2.37. The van der Waals surface area contributed by atoms with Crippen LogP contribution >= 0.6 is 0 Å². The number of carbonyl (C=O) groups is 1. The molecule has 100 valence electrons. The van der Waals surface area contributed by atoms with Crippen molar-refractivity contribution in [3.63, 3.8) is 0 Å². The highest BCUT2D eigenvalue weighted by Gasteiger charge is 2.49. The maximum Gasteiger partial charge on any atom is 0.416 e. The van der Waals surface area contributed by atoms with Crippen molar-refractivity contribution in [3.05, 3.63) is 48.2 Å². The Morgan fingerprint density at radius 1 is 1.32 bits per heavy atom. The predicted octanol–water partition coefficient (Wildman–Crippen LogP) is 2.62. The van der Waals surface area contributed by atoms with Gasteiger partial charge in [-0.25, -0.2) is 4.79 Å². The van der Waals surface area contributed by atoms with Crippen molar-refractivity contribution in [2.75, 3.05) is 6.54 Å². The molecule has 4 nitrogen and oxygen atoms in total. The molecule has 1 aromatic rings. The normalized spacial score (nSPS) is 26.8. The van der Waals surface area contributed by atoms with E-state index in [9.17, 15) is 4.79 Å². The minimum absolute atomic E-state index is 0.303. The van der Waals surface area contributed by atoms with Gasteiger partial charge in [0.15, 0.2) is 0 Å². The Hall–Kier alpha value is -1.81. The smallest absolute Gasteiger partial charge is 0.416 e. The first kappa shape index (κ1) is 12.2. The number of amides is 1. The zero-order valence-corrected chi connectivity index (χ0v) is 10.9. The summed E-state index contributed by atoms with van der Waals surface area (Å²) in [5.41, 5.74) is 1.15. The molecular weight excluding hydrogens is 240 g/mol. The summed E-state index contributed by atoms with van der Waals surface area (Å²) >= 11 is 0. The Bertz CT molecular complexity index is 492. The lowest BCUT2D eigenvalue weighted by Gasteiger charge is -2.33. The molecule has 2 aliphatic rings. The molecule has 2 heterocycles. The van der Waals surface area contributed by atoms with Gasteiger partial charge in [-0.1, -0.05) is 36.9 Å². The minimum Gasteiger partial charge on any atom is -0.421 e. The summed E-state index contributed by atoms with van der Waals surface area (Å²) in [4.78, 5) is 13.7. The average Bonchev–Trinajstić information content (AvgIpc) is 2.66. The van der Waals surface area contributed by atoms with Crippen LogP contribution in [0.5, 0.6) is 0 Å². The zero-order chi connectivity index (χ0) is 13.3. The van der Waals surface area contributed by atoms with Crippen LogP contribution in [0.1, 0.15) is 24.8 Å². The third kappa shape index (κ3) is 2.12. The molecular formula is C15H18N2O2. The molecule has 2 aliphatic heterocycles. The largest absolute Gasteiger partial charge is 0.421 e. The van der Waals surface area contributed by atoms with Gasteiger partial charge in [0.05, 0.1) is 12.2 Å². The van der Waals surface area contributed by atoms with Gasteiger partial charge >= 0.3 is 6.09 Å². The van der Waals surface area contributed by atoms with E-state index >= 15 is 0 Å². The first-order valence-electron chi connectivity index (χ1n) is 6.70. The van der Waals surface area contributed by atoms with Gasteiger partial charge in [-0.05, 0) is 24.9 Å². The van der Waals surface area contributed by atoms with Gasteiger partial charge in [0.1, 0.15) is 0 Å². The maximum atomic E-state index is 12.1. The number of piperidine rings is 1. The highest BCUT2D eigenvalue weighted by molar-refractivity contribution is 5.74. The number of carbonyl (C=O) groups excluding carboxylic acids is 1. The van der Waals surface area contributed by atoms with Gasteiger partial charge in [0.25, 0.3) is 0 Å². The fraction of sp³-hybridized carbons (Fsp3) is 0.400. The molecule has 0 aliphatic carbocycles. The van der Waals surface area contributed by atoms with Crippen LogP contribution in [-0.2, 0) is 11.3 Å². The molecule has 1 spiro atoms. The molecule has 1 unspecified atom stereocenters. The van der Waals surface area contributed by atoms with Crippen molar-refractivity contribution in [2.45, 2.75) is 31.5 Å². The van der Waals surface area contributed by atoms with Crippen LogP contribution in [0.3, 0.4) is 0 Å². The molecule has 0 bridgehead atoms. The van der Waals surface area contributed by atoms with Crippen LogP contribution in [0.25, 0.3) is 0 Å². The molecule has 4 heteroatoms. The van der Waals surface area contributed by atoms with E-state index in [2.05, 4.69) is 11.9 Å². The predicted molar refractivity (Wildman–Crippen MR) is 72.2 cm³/mol. The van der Waals surface area contributed by atoms with Crippen molar-refractivity contribution >= 4 is 6.09 Å². The molecule has 0 saturated carbocycles. The van der Waals surface area contributed by atoms with Crippen molar-refractivity contribution in [1.29, 1.82) is 0 Å². The van der Waals surface area contributed by atoms with E-state index in [1.54, 1.807) is 4.90 Å². The molecule has 1 amide bonds. The van der Waals surface area contributed by atoms with Gasteiger partial charge in [0, 0.05) is 6.42 Å². The summed E-state index contributed by atoms with van der Waals surface area (Å²) in [5, 5.41) is 3.31. The van der Waals surface area contributed by atoms with Gasteiger partial charge in [0.2, 0.25) is 5.72 Å². The number of nitrogens with one attached hydrogen (secondary N) is 1. The Labute approximate surface area is 113 Å². The second-order valence-corrected chi connectivity index (χ2v) is 5.10. The molecule has 1 N–H and O–H groups in total. The van der Waals surface area contributed by atoms with Crippen molar-refractivity contribution in [3.8, 4) is 0 Å². The van der Waals surface area contributed by atoms with Crippen molar-refractivity contribution < 1.29 is 9.53 Å². The molecule has 19 heavy (non-hydrogen) atoms. The third-order valence-electron chi connectivity index (χ3n) is 3.82. The summed E-state index contributed by atoms with van der Waals surface area (Å²) < 4.78 is 5.56. The molecule has 2 saturated heterocycles. The second kappa shape index (κ2) is 4.70. The highest BCUT2D eigenvalue weighted by atomic mass is 16.6. The number of benzene rings is 1. The van der Waals surface area contributed by atoms with E-state index in [0.717, 1.165) is 37.1 Å². The standard InChI is InChI=1S/C15H18N2O2/c1-12-15(9-5-6-10-16-15)19-14(18)17(12)11-13-7-3-2-4-8-13/h2-4,7-8,16H,1,5-6,9-11H2. The Morgan fingerprint density at radius 2 is 2.11 bits per heavy atom. The summed E-state index contributed by atoms with van der Waals surface area (Å²) in [5.74, 6) is 0. The van der Waals surface area contributed by atoms with Crippen LogP contribution in [0.4, 0.5) is 4.79 Å². The lowest BCUT2D eigenvalue weighted by Crippen LogP contribution is -2.49. The van der Waals surface area contributed by atoms with Gasteiger partial charge in [-0.15, -0.1) is 0 Å². The number of hydrogen-bond donors (Lipinski definition) is 1. The minimum atomic E-state index is -0.663. The van der Waals surface area contributed by atoms with Gasteiger partial charge in [-0.2, -0.15) is 0 Å². The molecule has 3 rings (SSSR count). The van der Waals surface area contributed by atoms with E-state index in [-0.39, 0.29) is 6.09 Å². The molecule has 2 fully saturated rings. The topological polar surface area (TPSA) is 41.6 Å². The Morgan fingerprint density at radius 3 is 2.79 bits per heavy atom. The summed E-state index contributed by atoms with van der Waals surface area (Å²) in [6, 6.07) is 9.90. The van der Waals surface area contributed by atoms with Crippen LogP contribution in [0.15, 0.2) is 42.6 Å². The maximum absolute atomic E-state index is 12.1. The fourth-order valence-electron chi connectivity index (χ4n) is 2.73. The fourth-order valence-corrected chi connectivity index (χ4v) is 2.73. The number of hydrogen-bond acceptors (Lipinski definition) is 3. The van der Waals surface area contributed by atoms with Crippen LogP contribution < -0.4 is 5.32 Å². The van der Waals surface area contributed by atoms with E-state index in [4.69, 9.17) is 4.74 Å². The summed E-state index contributed by atoms with van der Waals surface area (Å²) in [6.07, 6.45) is 2.68. The molecule has 1 atom stereocenters. The second-order valence-electron chi connectivity index (χ2n) is 5.10. The van der Waals surface area contributed by atoms with E-state index in [1.807, 2.05) is 30.3 Å². The quantitative estimate of drug-likeness (QED) is 0.886. The molecule has 0 radical (unpaired) electrons. The zero-order valence-electron chi connectivity index (χ0n) is 10.9. The number of ether oxygens (including phenoxy) is 1. The van der Waals surface area contributed by atoms with Crippen LogP contribution in [-0.4, -0.2) is 23.3 Å². The first-order chi connectivity index (χ1) is 9.21. The monoisotopic (exact) mass is 258 g/mol. The lowest BCUT2D eigenvalue weighted by molar-refractivity contribution is 0.0216. The lowest BCUT2D eigenvalue weighted by atomic mass is 9.98. The van der Waals surface area contributed by atoms with Crippen molar-refractivity contribution in [1.82, 2.24) is 10.2 Å². The third-order valence-corrected chi connectivity index (χ3v) is 3.82.